The van der Waals surface area contributed by atoms with Crippen molar-refractivity contribution < 1.29 is 22.7 Å². The fraction of sp³-hybridized carbons (Fsp3) is 0.190. The highest BCUT2D eigenvalue weighted by atomic mass is 32.2. The molecule has 31 heavy (non-hydrogen) atoms. The van der Waals surface area contributed by atoms with E-state index >= 15 is 0 Å². The van der Waals surface area contributed by atoms with Gasteiger partial charge in [0, 0.05) is 12.4 Å². The molecule has 1 heterocycles. The fourth-order valence-corrected chi connectivity index (χ4v) is 4.50. The number of carbonyl (C=O) groups excluding carboxylic acids is 2. The number of carbonyl (C=O) groups is 2. The molecule has 0 saturated heterocycles. The lowest BCUT2D eigenvalue weighted by atomic mass is 10.2. The van der Waals surface area contributed by atoms with E-state index < -0.39 is 28.5 Å². The summed E-state index contributed by atoms with van der Waals surface area (Å²) in [6, 6.07) is 12.4. The van der Waals surface area contributed by atoms with Gasteiger partial charge in [0.1, 0.15) is 0 Å². The Kier molecular flexibility index (Phi) is 6.71. The summed E-state index contributed by atoms with van der Waals surface area (Å²) in [4.78, 5) is 28.3. The zero-order chi connectivity index (χ0) is 22.6. The van der Waals surface area contributed by atoms with Gasteiger partial charge in [-0.05, 0) is 50.2 Å². The topological polar surface area (TPSA) is 106 Å². The first-order valence-electron chi connectivity index (χ1n) is 9.21. The van der Waals surface area contributed by atoms with Crippen molar-refractivity contribution in [1.29, 1.82) is 0 Å². The molecule has 2 aromatic carbocycles. The van der Waals surface area contributed by atoms with Gasteiger partial charge in [-0.1, -0.05) is 17.7 Å². The minimum absolute atomic E-state index is 0.172. The van der Waals surface area contributed by atoms with Crippen molar-refractivity contribution in [1.82, 2.24) is 4.98 Å². The second-order valence-electron chi connectivity index (χ2n) is 6.75. The van der Waals surface area contributed by atoms with Gasteiger partial charge in [0.15, 0.2) is 11.7 Å². The van der Waals surface area contributed by atoms with Crippen molar-refractivity contribution in [2.24, 2.45) is 0 Å². The molecular weight excluding hydrogens is 438 g/mol. The molecule has 0 saturated carbocycles. The van der Waals surface area contributed by atoms with Crippen LogP contribution in [0.4, 0.5) is 10.8 Å². The molecule has 0 fully saturated rings. The highest BCUT2D eigenvalue weighted by Gasteiger charge is 2.21. The van der Waals surface area contributed by atoms with Crippen LogP contribution in [0.3, 0.4) is 0 Å². The maximum absolute atomic E-state index is 12.8. The Hall–Kier alpha value is -3.24. The van der Waals surface area contributed by atoms with E-state index in [-0.39, 0.29) is 10.5 Å². The Balaban J connectivity index is 1.61. The molecule has 1 N–H and O–H groups in total. The van der Waals surface area contributed by atoms with Gasteiger partial charge in [0.25, 0.3) is 15.9 Å². The highest BCUT2D eigenvalue weighted by molar-refractivity contribution is 7.92. The monoisotopic (exact) mass is 459 g/mol. The van der Waals surface area contributed by atoms with E-state index in [2.05, 4.69) is 10.3 Å². The summed E-state index contributed by atoms with van der Waals surface area (Å²) in [7, 11) is -2.29. The number of anilines is 2. The van der Waals surface area contributed by atoms with E-state index in [1.165, 1.54) is 42.6 Å². The van der Waals surface area contributed by atoms with E-state index in [4.69, 9.17) is 4.74 Å². The first-order valence-corrected chi connectivity index (χ1v) is 11.5. The summed E-state index contributed by atoms with van der Waals surface area (Å²) < 4.78 is 31.7. The number of esters is 1. The summed E-state index contributed by atoms with van der Waals surface area (Å²) in [6.45, 7) is 3.22. The smallest absolute Gasteiger partial charge is 0.338 e. The van der Waals surface area contributed by atoms with E-state index in [1.54, 1.807) is 36.6 Å². The molecule has 1 aromatic heterocycles. The predicted molar refractivity (Wildman–Crippen MR) is 119 cm³/mol. The number of benzene rings is 2. The Bertz CT molecular complexity index is 1190. The number of thiazole rings is 1. The number of amides is 1. The van der Waals surface area contributed by atoms with Crippen LogP contribution in [0.5, 0.6) is 0 Å². The van der Waals surface area contributed by atoms with Crippen LogP contribution in [0.25, 0.3) is 0 Å². The van der Waals surface area contributed by atoms with Crippen molar-refractivity contribution in [3.8, 4) is 0 Å². The summed E-state index contributed by atoms with van der Waals surface area (Å²) >= 11 is 1.28. The van der Waals surface area contributed by atoms with Gasteiger partial charge >= 0.3 is 5.97 Å². The second kappa shape index (κ2) is 9.27. The number of ether oxygens (including phenoxy) is 1. The fourth-order valence-electron chi connectivity index (χ4n) is 2.60. The lowest BCUT2D eigenvalue weighted by molar-refractivity contribution is -0.119. The molecular formula is C21H21N3O5S2. The van der Waals surface area contributed by atoms with E-state index in [1.807, 2.05) is 6.92 Å². The van der Waals surface area contributed by atoms with Crippen molar-refractivity contribution in [2.45, 2.75) is 18.7 Å². The van der Waals surface area contributed by atoms with E-state index in [0.29, 0.717) is 10.8 Å². The molecule has 3 aromatic rings. The molecule has 10 heteroatoms. The lowest BCUT2D eigenvalue weighted by Crippen LogP contribution is -2.26. The lowest BCUT2D eigenvalue weighted by Gasteiger charge is -2.19. The normalized spacial score (nSPS) is 11.1. The van der Waals surface area contributed by atoms with Gasteiger partial charge in [0.05, 0.1) is 21.8 Å². The predicted octanol–water partition coefficient (Wildman–Crippen LogP) is 3.38. The summed E-state index contributed by atoms with van der Waals surface area (Å²) in [5.74, 6) is -1.19. The van der Waals surface area contributed by atoms with Crippen molar-refractivity contribution in [3.05, 3.63) is 70.7 Å². The average Bonchev–Trinajstić information content (AvgIpc) is 3.16. The first-order chi connectivity index (χ1) is 14.7. The minimum atomic E-state index is -3.73. The molecule has 8 nitrogen and oxygen atoms in total. The quantitative estimate of drug-likeness (QED) is 0.543. The van der Waals surface area contributed by atoms with Crippen LogP contribution >= 0.6 is 11.3 Å². The van der Waals surface area contributed by atoms with Gasteiger partial charge in [-0.25, -0.2) is 18.2 Å². The SMILES string of the molecule is Cc1ccc(S(=O)(=O)N(C)c2ccc(C(=O)OCC(=O)Nc3nc(C)cs3)cc2)cc1. The molecule has 1 amide bonds. The summed E-state index contributed by atoms with van der Waals surface area (Å²) in [5, 5.41) is 4.77. The summed E-state index contributed by atoms with van der Waals surface area (Å²) in [6.07, 6.45) is 0. The zero-order valence-corrected chi connectivity index (χ0v) is 18.8. The third-order valence-corrected chi connectivity index (χ3v) is 7.02. The Morgan fingerprint density at radius 3 is 2.29 bits per heavy atom. The number of hydrogen-bond donors (Lipinski definition) is 1. The van der Waals surface area contributed by atoms with Crippen molar-refractivity contribution in [3.63, 3.8) is 0 Å². The van der Waals surface area contributed by atoms with Gasteiger partial charge in [-0.3, -0.25) is 14.4 Å². The Morgan fingerprint density at radius 2 is 1.71 bits per heavy atom. The minimum Gasteiger partial charge on any atom is -0.452 e. The molecule has 162 valence electrons. The van der Waals surface area contributed by atoms with E-state index in [9.17, 15) is 18.0 Å². The molecule has 0 aliphatic rings. The third-order valence-electron chi connectivity index (χ3n) is 4.35. The van der Waals surface area contributed by atoms with Crippen LogP contribution in [0.2, 0.25) is 0 Å². The number of aromatic nitrogens is 1. The molecule has 0 unspecified atom stereocenters. The number of hydrogen-bond acceptors (Lipinski definition) is 7. The Labute approximate surface area is 184 Å². The number of aryl methyl sites for hydroxylation is 2. The number of nitrogens with one attached hydrogen (secondary N) is 1. The molecule has 0 spiro atoms. The maximum Gasteiger partial charge on any atom is 0.338 e. The molecule has 0 aliphatic carbocycles. The number of rotatable bonds is 7. The van der Waals surface area contributed by atoms with E-state index in [0.717, 1.165) is 15.6 Å². The maximum atomic E-state index is 12.8. The molecule has 0 atom stereocenters. The third kappa shape index (κ3) is 5.47. The molecule has 0 aliphatic heterocycles. The van der Waals surface area contributed by atoms with Crippen molar-refractivity contribution >= 4 is 44.1 Å². The average molecular weight is 460 g/mol. The first kappa shape index (κ1) is 22.4. The Morgan fingerprint density at radius 1 is 1.06 bits per heavy atom. The highest BCUT2D eigenvalue weighted by Crippen LogP contribution is 2.23. The van der Waals surface area contributed by atoms with Crippen LogP contribution < -0.4 is 9.62 Å². The molecule has 0 radical (unpaired) electrons. The molecule has 0 bridgehead atoms. The van der Waals surface area contributed by atoms with Crippen LogP contribution in [0.15, 0.2) is 58.8 Å². The van der Waals surface area contributed by atoms with Crippen molar-refractivity contribution in [2.75, 3.05) is 23.3 Å². The van der Waals surface area contributed by atoms with Gasteiger partial charge in [-0.2, -0.15) is 0 Å². The number of sulfonamides is 1. The van der Waals surface area contributed by atoms with Gasteiger partial charge in [0.2, 0.25) is 0 Å². The molecule has 3 rings (SSSR count). The second-order valence-corrected chi connectivity index (χ2v) is 9.58. The van der Waals surface area contributed by atoms with Crippen LogP contribution in [0.1, 0.15) is 21.6 Å². The summed E-state index contributed by atoms with van der Waals surface area (Å²) in [5.41, 5.74) is 2.32. The standard InChI is InChI=1S/C21H21N3O5S2/c1-14-4-10-18(11-5-14)31(27,28)24(3)17-8-6-16(7-9-17)20(26)29-12-19(25)23-21-22-15(2)13-30-21/h4-11,13H,12H2,1-3H3,(H,22,23,25). The van der Waals surface area contributed by atoms with Crippen LogP contribution in [0, 0.1) is 13.8 Å². The van der Waals surface area contributed by atoms with Crippen LogP contribution in [-0.4, -0.2) is 38.9 Å². The zero-order valence-electron chi connectivity index (χ0n) is 17.2. The van der Waals surface area contributed by atoms with Gasteiger partial charge in [-0.15, -0.1) is 11.3 Å². The largest absolute Gasteiger partial charge is 0.452 e. The van der Waals surface area contributed by atoms with Gasteiger partial charge < -0.3 is 4.74 Å². The van der Waals surface area contributed by atoms with Crippen LogP contribution in [-0.2, 0) is 19.6 Å². The number of nitrogens with zero attached hydrogens (tertiary/aromatic N) is 2.